The predicted molar refractivity (Wildman–Crippen MR) is 124 cm³/mol. The van der Waals surface area contributed by atoms with Crippen molar-refractivity contribution in [2.45, 2.75) is 39.0 Å². The topological polar surface area (TPSA) is 160 Å². The third kappa shape index (κ3) is 6.15. The highest BCUT2D eigenvalue weighted by Gasteiger charge is 2.18. The van der Waals surface area contributed by atoms with E-state index in [1.807, 2.05) is 6.07 Å². The Labute approximate surface area is 190 Å². The molecule has 2 aromatic carbocycles. The highest BCUT2D eigenvalue weighted by molar-refractivity contribution is 6.07. The first-order chi connectivity index (χ1) is 15.6. The number of nitrogens with two attached hydrogens (primary N) is 1. The second-order valence-corrected chi connectivity index (χ2v) is 8.43. The first kappa shape index (κ1) is 23.9. The fourth-order valence-electron chi connectivity index (χ4n) is 3.18. The number of nitrogens with one attached hydrogen (secondary N) is 2. The third-order valence-electron chi connectivity index (χ3n) is 4.62. The van der Waals surface area contributed by atoms with Crippen LogP contribution in [0.2, 0.25) is 0 Å². The zero-order valence-electron chi connectivity index (χ0n) is 18.6. The molecule has 3 rings (SSSR count). The van der Waals surface area contributed by atoms with Crippen LogP contribution >= 0.6 is 0 Å². The average Bonchev–Trinajstić information content (AvgIpc) is 2.75. The van der Waals surface area contributed by atoms with E-state index in [0.29, 0.717) is 34.5 Å². The summed E-state index contributed by atoms with van der Waals surface area (Å²) in [6.45, 7) is 5.18. The number of anilines is 2. The number of nitrogens with zero attached hydrogens (tertiary/aromatic N) is 2. The lowest BCUT2D eigenvalue weighted by molar-refractivity contribution is 0.0635. The molecule has 10 heteroatoms. The highest BCUT2D eigenvalue weighted by atomic mass is 16.6. The lowest BCUT2D eigenvalue weighted by Gasteiger charge is -2.19. The first-order valence-corrected chi connectivity index (χ1v) is 10.3. The van der Waals surface area contributed by atoms with Gasteiger partial charge in [-0.3, -0.25) is 10.1 Å². The molecule has 174 valence electrons. The van der Waals surface area contributed by atoms with Gasteiger partial charge in [0.2, 0.25) is 0 Å². The molecular weight excluding hydrogens is 426 g/mol. The Morgan fingerprint density at radius 3 is 2.61 bits per heavy atom. The molecule has 0 saturated carbocycles. The van der Waals surface area contributed by atoms with Gasteiger partial charge < -0.3 is 26.0 Å². The van der Waals surface area contributed by atoms with Crippen molar-refractivity contribution in [1.29, 1.82) is 0 Å². The van der Waals surface area contributed by atoms with E-state index in [0.717, 1.165) is 5.56 Å². The molecule has 1 atom stereocenters. The number of carbonyl (C=O) groups is 2. The average molecular weight is 453 g/mol. The van der Waals surface area contributed by atoms with Gasteiger partial charge in [0.1, 0.15) is 23.9 Å². The largest absolute Gasteiger partial charge is 0.444 e. The second-order valence-electron chi connectivity index (χ2n) is 8.43. The van der Waals surface area contributed by atoms with Crippen LogP contribution in [-0.4, -0.2) is 44.4 Å². The van der Waals surface area contributed by atoms with Gasteiger partial charge in [-0.25, -0.2) is 14.8 Å². The molecule has 1 unspecified atom stereocenters. The van der Waals surface area contributed by atoms with E-state index in [1.165, 1.54) is 12.4 Å². The van der Waals surface area contributed by atoms with Crippen molar-refractivity contribution in [2.24, 2.45) is 5.73 Å². The number of hydrogen-bond acceptors (Lipinski definition) is 8. The number of carbonyl (C=O) groups excluding carboxylic acids is 2. The van der Waals surface area contributed by atoms with Crippen LogP contribution in [0.1, 0.15) is 48.4 Å². The summed E-state index contributed by atoms with van der Waals surface area (Å²) in [5, 5.41) is 25.7. The van der Waals surface area contributed by atoms with E-state index in [-0.39, 0.29) is 5.56 Å². The standard InChI is InChI=1S/C23H27N5O5/c1-23(2,3)33-22(32)28-15-6-4-5-13(7-15)10-25-21-17-9-14(18(30)11-29)8-16(20(24)31)19(17)26-12-27-21/h4-9,12,18,29-30H,10-11H2,1-3H3,(H2,24,31)(H,28,32)(H,25,26,27). The van der Waals surface area contributed by atoms with Crippen LogP contribution in [0.5, 0.6) is 0 Å². The van der Waals surface area contributed by atoms with Crippen LogP contribution in [0.25, 0.3) is 10.9 Å². The minimum absolute atomic E-state index is 0.115. The van der Waals surface area contributed by atoms with Crippen LogP contribution in [0.15, 0.2) is 42.7 Å². The number of rotatable bonds is 7. The van der Waals surface area contributed by atoms with E-state index in [9.17, 15) is 19.8 Å². The molecule has 0 aliphatic rings. The smallest absolute Gasteiger partial charge is 0.412 e. The lowest BCUT2D eigenvalue weighted by Crippen LogP contribution is -2.27. The summed E-state index contributed by atoms with van der Waals surface area (Å²) < 4.78 is 5.27. The van der Waals surface area contributed by atoms with Crippen molar-refractivity contribution < 1.29 is 24.5 Å². The van der Waals surface area contributed by atoms with Crippen LogP contribution in [0.4, 0.5) is 16.3 Å². The van der Waals surface area contributed by atoms with Gasteiger partial charge in [0.05, 0.1) is 17.7 Å². The molecule has 1 heterocycles. The summed E-state index contributed by atoms with van der Waals surface area (Å²) in [4.78, 5) is 32.4. The lowest BCUT2D eigenvalue weighted by atomic mass is 10.0. The Morgan fingerprint density at radius 2 is 1.94 bits per heavy atom. The molecule has 1 aromatic heterocycles. The maximum atomic E-state index is 12.0. The molecule has 2 amide bonds. The predicted octanol–water partition coefficient (Wildman–Crippen LogP) is 2.71. The molecule has 0 radical (unpaired) electrons. The van der Waals surface area contributed by atoms with E-state index in [4.69, 9.17) is 10.5 Å². The summed E-state index contributed by atoms with van der Waals surface area (Å²) in [7, 11) is 0. The molecule has 10 nitrogen and oxygen atoms in total. The monoisotopic (exact) mass is 453 g/mol. The van der Waals surface area contributed by atoms with Crippen molar-refractivity contribution in [3.8, 4) is 0 Å². The molecule has 6 N–H and O–H groups in total. The van der Waals surface area contributed by atoms with Crippen LogP contribution < -0.4 is 16.4 Å². The summed E-state index contributed by atoms with van der Waals surface area (Å²) in [6.07, 6.45) is -0.431. The normalized spacial score (nSPS) is 12.3. The maximum Gasteiger partial charge on any atom is 0.412 e. The Kier molecular flexibility index (Phi) is 7.10. The molecule has 0 aliphatic heterocycles. The number of aliphatic hydroxyl groups excluding tert-OH is 2. The van der Waals surface area contributed by atoms with Crippen molar-refractivity contribution in [3.63, 3.8) is 0 Å². The molecule has 0 spiro atoms. The number of aromatic nitrogens is 2. The highest BCUT2D eigenvalue weighted by Crippen LogP contribution is 2.27. The fourth-order valence-corrected chi connectivity index (χ4v) is 3.18. The zero-order chi connectivity index (χ0) is 24.2. The Morgan fingerprint density at radius 1 is 1.18 bits per heavy atom. The summed E-state index contributed by atoms with van der Waals surface area (Å²) >= 11 is 0. The second kappa shape index (κ2) is 9.80. The van der Waals surface area contributed by atoms with Gasteiger partial charge in [-0.15, -0.1) is 0 Å². The summed E-state index contributed by atoms with van der Waals surface area (Å²) in [5.41, 5.74) is 7.06. The number of benzene rings is 2. The minimum Gasteiger partial charge on any atom is -0.444 e. The molecule has 3 aromatic rings. The Balaban J connectivity index is 1.85. The molecular formula is C23H27N5O5. The minimum atomic E-state index is -1.18. The Hall–Kier alpha value is -3.76. The number of amides is 2. The number of aliphatic hydroxyl groups is 2. The van der Waals surface area contributed by atoms with Gasteiger partial charge >= 0.3 is 6.09 Å². The molecule has 0 saturated heterocycles. The van der Waals surface area contributed by atoms with Gasteiger partial charge in [0.25, 0.3) is 5.91 Å². The quantitative estimate of drug-likeness (QED) is 0.365. The SMILES string of the molecule is CC(C)(C)OC(=O)Nc1cccc(CNc2ncnc3c(C(N)=O)cc(C(O)CO)cc23)c1. The molecule has 33 heavy (non-hydrogen) atoms. The van der Waals surface area contributed by atoms with Crippen LogP contribution in [0, 0.1) is 0 Å². The fraction of sp³-hybridized carbons (Fsp3) is 0.304. The maximum absolute atomic E-state index is 12.0. The number of hydrogen-bond donors (Lipinski definition) is 5. The molecule has 0 bridgehead atoms. The number of primary amides is 1. The van der Waals surface area contributed by atoms with Crippen LogP contribution in [0.3, 0.4) is 0 Å². The van der Waals surface area contributed by atoms with Gasteiger partial charge in [-0.1, -0.05) is 12.1 Å². The van der Waals surface area contributed by atoms with Crippen molar-refractivity contribution in [3.05, 3.63) is 59.4 Å². The van der Waals surface area contributed by atoms with E-state index in [1.54, 1.807) is 45.0 Å². The first-order valence-electron chi connectivity index (χ1n) is 10.3. The Bertz CT molecular complexity index is 1180. The third-order valence-corrected chi connectivity index (χ3v) is 4.62. The van der Waals surface area contributed by atoms with E-state index in [2.05, 4.69) is 20.6 Å². The van der Waals surface area contributed by atoms with E-state index >= 15 is 0 Å². The van der Waals surface area contributed by atoms with Gasteiger partial charge in [0.15, 0.2) is 0 Å². The van der Waals surface area contributed by atoms with Crippen LogP contribution in [-0.2, 0) is 11.3 Å². The summed E-state index contributed by atoms with van der Waals surface area (Å²) in [6, 6.07) is 10.2. The van der Waals surface area contributed by atoms with E-state index < -0.39 is 30.3 Å². The zero-order valence-corrected chi connectivity index (χ0v) is 18.6. The number of fused-ring (bicyclic) bond motifs is 1. The number of ether oxygens (including phenoxy) is 1. The molecule has 0 fully saturated rings. The van der Waals surface area contributed by atoms with Crippen molar-refractivity contribution in [2.75, 3.05) is 17.2 Å². The van der Waals surface area contributed by atoms with Gasteiger partial charge in [-0.2, -0.15) is 0 Å². The molecule has 0 aliphatic carbocycles. The van der Waals surface area contributed by atoms with Gasteiger partial charge in [0, 0.05) is 17.6 Å². The summed E-state index contributed by atoms with van der Waals surface area (Å²) in [5.74, 6) is -0.294. The van der Waals surface area contributed by atoms with Gasteiger partial charge in [-0.05, 0) is 56.2 Å². The van der Waals surface area contributed by atoms with Crippen molar-refractivity contribution >= 4 is 34.4 Å². The van der Waals surface area contributed by atoms with Crippen molar-refractivity contribution in [1.82, 2.24) is 9.97 Å².